The van der Waals surface area contributed by atoms with Gasteiger partial charge < -0.3 is 10.2 Å². The van der Waals surface area contributed by atoms with Crippen molar-refractivity contribution in [3.05, 3.63) is 0 Å². The minimum Gasteiger partial charge on any atom is -0.340 e. The topological polar surface area (TPSA) is 35.6 Å². The SMILES string of the molecule is O=C(C1CC2CCCCC2N1)N1CCCN(C2CCCC2)CC1. The largest absolute Gasteiger partial charge is 0.340 e. The molecule has 4 aliphatic rings. The molecule has 23 heavy (non-hydrogen) atoms. The van der Waals surface area contributed by atoms with Crippen LogP contribution in [0.1, 0.15) is 64.2 Å². The molecule has 4 rings (SSSR count). The van der Waals surface area contributed by atoms with E-state index in [1.54, 1.807) is 0 Å². The highest BCUT2D eigenvalue weighted by atomic mass is 16.2. The standard InChI is InChI=1S/C19H33N3O/c23-19(18-14-15-6-1-4-9-17(15)20-18)22-11-5-10-21(12-13-22)16-7-2-3-8-16/h15-18,20H,1-14H2. The van der Waals surface area contributed by atoms with Crippen LogP contribution in [0.5, 0.6) is 0 Å². The molecule has 0 bridgehead atoms. The Kier molecular flexibility index (Phi) is 4.91. The molecule has 2 saturated carbocycles. The van der Waals surface area contributed by atoms with E-state index in [2.05, 4.69) is 15.1 Å². The van der Waals surface area contributed by atoms with Crippen LogP contribution in [0.3, 0.4) is 0 Å². The van der Waals surface area contributed by atoms with Crippen LogP contribution in [-0.2, 0) is 4.79 Å². The number of carbonyl (C=O) groups is 1. The predicted octanol–water partition coefficient (Wildman–Crippen LogP) is 2.38. The smallest absolute Gasteiger partial charge is 0.239 e. The van der Waals surface area contributed by atoms with E-state index >= 15 is 0 Å². The molecule has 0 radical (unpaired) electrons. The molecular weight excluding hydrogens is 286 g/mol. The molecule has 0 aromatic rings. The van der Waals surface area contributed by atoms with Gasteiger partial charge >= 0.3 is 0 Å². The Morgan fingerprint density at radius 1 is 0.826 bits per heavy atom. The van der Waals surface area contributed by atoms with E-state index < -0.39 is 0 Å². The van der Waals surface area contributed by atoms with Crippen molar-refractivity contribution in [3.8, 4) is 0 Å². The Balaban J connectivity index is 1.32. The highest BCUT2D eigenvalue weighted by Gasteiger charge is 2.40. The summed E-state index contributed by atoms with van der Waals surface area (Å²) in [4.78, 5) is 17.8. The Morgan fingerprint density at radius 2 is 1.61 bits per heavy atom. The molecule has 0 aromatic carbocycles. The van der Waals surface area contributed by atoms with Crippen LogP contribution < -0.4 is 5.32 Å². The van der Waals surface area contributed by atoms with E-state index in [-0.39, 0.29) is 6.04 Å². The first-order valence-electron chi connectivity index (χ1n) is 10.1. The summed E-state index contributed by atoms with van der Waals surface area (Å²) in [5, 5.41) is 3.67. The Morgan fingerprint density at radius 3 is 2.43 bits per heavy atom. The fraction of sp³-hybridized carbons (Fsp3) is 0.947. The summed E-state index contributed by atoms with van der Waals surface area (Å²) in [5.74, 6) is 1.16. The zero-order valence-electron chi connectivity index (χ0n) is 14.5. The second kappa shape index (κ2) is 7.10. The number of hydrogen-bond donors (Lipinski definition) is 1. The molecule has 3 atom stereocenters. The number of hydrogen-bond acceptors (Lipinski definition) is 3. The maximum atomic E-state index is 13.0. The summed E-state index contributed by atoms with van der Waals surface area (Å²) in [7, 11) is 0. The monoisotopic (exact) mass is 319 g/mol. The van der Waals surface area contributed by atoms with E-state index in [1.165, 1.54) is 57.9 Å². The third kappa shape index (κ3) is 3.43. The van der Waals surface area contributed by atoms with Crippen LogP contribution in [0.4, 0.5) is 0 Å². The highest BCUT2D eigenvalue weighted by molar-refractivity contribution is 5.82. The van der Waals surface area contributed by atoms with Crippen molar-refractivity contribution in [2.24, 2.45) is 5.92 Å². The molecule has 2 aliphatic heterocycles. The average Bonchev–Trinajstić information content (AvgIpc) is 3.19. The van der Waals surface area contributed by atoms with Crippen molar-refractivity contribution in [2.75, 3.05) is 26.2 Å². The van der Waals surface area contributed by atoms with Crippen molar-refractivity contribution in [2.45, 2.75) is 82.3 Å². The first-order chi connectivity index (χ1) is 11.3. The lowest BCUT2D eigenvalue weighted by molar-refractivity contribution is -0.133. The number of fused-ring (bicyclic) bond motifs is 1. The van der Waals surface area contributed by atoms with E-state index in [9.17, 15) is 4.79 Å². The molecule has 1 amide bonds. The van der Waals surface area contributed by atoms with Crippen LogP contribution in [0.2, 0.25) is 0 Å². The molecule has 4 fully saturated rings. The van der Waals surface area contributed by atoms with Crippen molar-refractivity contribution in [3.63, 3.8) is 0 Å². The summed E-state index contributed by atoms with van der Waals surface area (Å²) in [5.41, 5.74) is 0. The van der Waals surface area contributed by atoms with Gasteiger partial charge in [-0.25, -0.2) is 0 Å². The third-order valence-electron chi connectivity index (χ3n) is 6.84. The minimum atomic E-state index is 0.112. The first-order valence-corrected chi connectivity index (χ1v) is 10.1. The van der Waals surface area contributed by atoms with Crippen LogP contribution in [0, 0.1) is 5.92 Å². The molecule has 130 valence electrons. The number of amides is 1. The van der Waals surface area contributed by atoms with E-state index in [0.717, 1.165) is 44.4 Å². The third-order valence-corrected chi connectivity index (χ3v) is 6.84. The molecule has 2 saturated heterocycles. The van der Waals surface area contributed by atoms with Gasteiger partial charge in [0.05, 0.1) is 6.04 Å². The van der Waals surface area contributed by atoms with Crippen LogP contribution >= 0.6 is 0 Å². The van der Waals surface area contributed by atoms with Crippen LogP contribution in [0.25, 0.3) is 0 Å². The number of rotatable bonds is 2. The molecule has 1 N–H and O–H groups in total. The van der Waals surface area contributed by atoms with Gasteiger partial charge in [-0.15, -0.1) is 0 Å². The van der Waals surface area contributed by atoms with E-state index in [4.69, 9.17) is 0 Å². The maximum Gasteiger partial charge on any atom is 0.239 e. The van der Waals surface area contributed by atoms with Gasteiger partial charge in [0.15, 0.2) is 0 Å². The lowest BCUT2D eigenvalue weighted by Crippen LogP contribution is -2.47. The molecule has 2 heterocycles. The number of nitrogens with one attached hydrogen (secondary N) is 1. The fourth-order valence-electron chi connectivity index (χ4n) is 5.52. The van der Waals surface area contributed by atoms with Gasteiger partial charge in [0.25, 0.3) is 0 Å². The average molecular weight is 319 g/mol. The van der Waals surface area contributed by atoms with Crippen molar-refractivity contribution in [1.29, 1.82) is 0 Å². The molecule has 2 aliphatic carbocycles. The van der Waals surface area contributed by atoms with Gasteiger partial charge in [0.2, 0.25) is 5.91 Å². The summed E-state index contributed by atoms with van der Waals surface area (Å²) in [6.45, 7) is 4.20. The summed E-state index contributed by atoms with van der Waals surface area (Å²) < 4.78 is 0. The normalized spacial score (nSPS) is 36.9. The second-order valence-electron chi connectivity index (χ2n) is 8.26. The molecule has 3 unspecified atom stereocenters. The Labute approximate surface area is 141 Å². The summed E-state index contributed by atoms with van der Waals surface area (Å²) in [6, 6.07) is 1.54. The van der Waals surface area contributed by atoms with Crippen molar-refractivity contribution >= 4 is 5.91 Å². The van der Waals surface area contributed by atoms with Gasteiger partial charge in [0.1, 0.15) is 0 Å². The van der Waals surface area contributed by atoms with Crippen LogP contribution in [0.15, 0.2) is 0 Å². The molecule has 4 nitrogen and oxygen atoms in total. The molecular formula is C19H33N3O. The predicted molar refractivity (Wildman–Crippen MR) is 92.3 cm³/mol. The fourth-order valence-corrected chi connectivity index (χ4v) is 5.52. The van der Waals surface area contributed by atoms with E-state index in [1.807, 2.05) is 0 Å². The van der Waals surface area contributed by atoms with Crippen molar-refractivity contribution in [1.82, 2.24) is 15.1 Å². The van der Waals surface area contributed by atoms with Gasteiger partial charge in [-0.1, -0.05) is 25.7 Å². The van der Waals surface area contributed by atoms with Crippen LogP contribution in [-0.4, -0.2) is 60.0 Å². The Bertz CT molecular complexity index is 407. The quantitative estimate of drug-likeness (QED) is 0.849. The van der Waals surface area contributed by atoms with Gasteiger partial charge in [-0.3, -0.25) is 9.69 Å². The van der Waals surface area contributed by atoms with Crippen molar-refractivity contribution < 1.29 is 4.79 Å². The molecule has 0 aromatic heterocycles. The minimum absolute atomic E-state index is 0.112. The second-order valence-corrected chi connectivity index (χ2v) is 8.26. The van der Waals surface area contributed by atoms with Gasteiger partial charge in [-0.05, 0) is 44.4 Å². The van der Waals surface area contributed by atoms with Gasteiger partial charge in [0, 0.05) is 38.3 Å². The first kappa shape index (κ1) is 15.9. The number of carbonyl (C=O) groups excluding carboxylic acids is 1. The number of nitrogens with zero attached hydrogens (tertiary/aromatic N) is 2. The Hall–Kier alpha value is -0.610. The zero-order chi connectivity index (χ0) is 15.6. The molecule has 0 spiro atoms. The zero-order valence-corrected chi connectivity index (χ0v) is 14.5. The maximum absolute atomic E-state index is 13.0. The highest BCUT2D eigenvalue weighted by Crippen LogP contribution is 2.34. The lowest BCUT2D eigenvalue weighted by Gasteiger charge is -2.28. The van der Waals surface area contributed by atoms with E-state index in [0.29, 0.717) is 11.9 Å². The molecule has 4 heteroatoms. The summed E-state index contributed by atoms with van der Waals surface area (Å²) >= 11 is 0. The lowest BCUT2D eigenvalue weighted by atomic mass is 9.85. The van der Waals surface area contributed by atoms with Gasteiger partial charge in [-0.2, -0.15) is 0 Å². The summed E-state index contributed by atoms with van der Waals surface area (Å²) in [6.07, 6.45) is 13.1.